The van der Waals surface area contributed by atoms with Crippen LogP contribution in [-0.4, -0.2) is 0 Å². The number of rotatable bonds is 10. The zero-order valence-corrected chi connectivity index (χ0v) is 29.5. The van der Waals surface area contributed by atoms with Crippen LogP contribution in [0.4, 0.5) is 0 Å². The lowest BCUT2D eigenvalue weighted by atomic mass is 9.87. The van der Waals surface area contributed by atoms with Gasteiger partial charge in [0.2, 0.25) is 0 Å². The molecule has 0 bridgehead atoms. The molecule has 0 amide bonds. The van der Waals surface area contributed by atoms with Crippen LogP contribution in [0, 0.1) is 12.3 Å². The van der Waals surface area contributed by atoms with Gasteiger partial charge in [-0.1, -0.05) is 116 Å². The quantitative estimate of drug-likeness (QED) is 0.228. The van der Waals surface area contributed by atoms with Crippen molar-refractivity contribution in [2.75, 3.05) is 0 Å². The van der Waals surface area contributed by atoms with Gasteiger partial charge < -0.3 is 4.74 Å². The van der Waals surface area contributed by atoms with Crippen LogP contribution in [0.3, 0.4) is 0 Å². The maximum absolute atomic E-state index is 6.71. The van der Waals surface area contributed by atoms with E-state index < -0.39 is 0 Å². The van der Waals surface area contributed by atoms with Crippen LogP contribution in [0.5, 0.6) is 5.75 Å². The van der Waals surface area contributed by atoms with Gasteiger partial charge in [-0.25, -0.2) is 0 Å². The fraction of sp³-hybridized carbons (Fsp3) is 0.442. The van der Waals surface area contributed by atoms with E-state index in [1.807, 2.05) is 0 Å². The van der Waals surface area contributed by atoms with Crippen molar-refractivity contribution in [2.24, 2.45) is 5.41 Å². The molecule has 0 radical (unpaired) electrons. The standard InChI is InChI=1S/C32H44O.C11H14/c1-9-13-26-21-30(33-31-28(23(5)10-2)18-22(4)19-29(26)31)27-16-15-24(11-3)25(20-27)14-12-17-32(6,7)8;1-4-10-7-5-6-8-11(10)9(2)3/h13,15-16,18-21,23H,9-12,14,17H2,1-8H3;5-8H,2,4H2,1,3H3/b26-13-;. The highest BCUT2D eigenvalue weighted by Gasteiger charge is 2.24. The van der Waals surface area contributed by atoms with Gasteiger partial charge in [0, 0.05) is 11.1 Å². The Kier molecular flexibility index (Phi) is 12.9. The molecule has 0 aromatic heterocycles. The molecule has 0 N–H and O–H groups in total. The molecule has 236 valence electrons. The fourth-order valence-electron chi connectivity index (χ4n) is 6.02. The van der Waals surface area contributed by atoms with Gasteiger partial charge in [-0.05, 0) is 127 Å². The molecular formula is C43H58O. The summed E-state index contributed by atoms with van der Waals surface area (Å²) in [5.74, 6) is 2.51. The van der Waals surface area contributed by atoms with Crippen LogP contribution < -0.4 is 4.74 Å². The lowest BCUT2D eigenvalue weighted by molar-refractivity contribution is 0.365. The van der Waals surface area contributed by atoms with Gasteiger partial charge in [0.05, 0.1) is 0 Å². The zero-order chi connectivity index (χ0) is 32.4. The summed E-state index contributed by atoms with van der Waals surface area (Å²) < 4.78 is 6.71. The summed E-state index contributed by atoms with van der Waals surface area (Å²) in [6.45, 7) is 26.4. The Labute approximate surface area is 270 Å². The molecule has 1 heterocycles. The number of fused-ring (bicyclic) bond motifs is 1. The van der Waals surface area contributed by atoms with Crippen molar-refractivity contribution in [1.29, 1.82) is 0 Å². The van der Waals surface area contributed by atoms with Crippen LogP contribution in [-0.2, 0) is 19.3 Å². The summed E-state index contributed by atoms with van der Waals surface area (Å²) in [5, 5.41) is 0. The van der Waals surface area contributed by atoms with Gasteiger partial charge in [0.25, 0.3) is 0 Å². The highest BCUT2D eigenvalue weighted by molar-refractivity contribution is 5.89. The molecule has 0 aliphatic carbocycles. The predicted molar refractivity (Wildman–Crippen MR) is 195 cm³/mol. The summed E-state index contributed by atoms with van der Waals surface area (Å²) in [7, 11) is 0. The Balaban J connectivity index is 0.000000404. The van der Waals surface area contributed by atoms with Crippen molar-refractivity contribution in [3.8, 4) is 5.75 Å². The van der Waals surface area contributed by atoms with Crippen LogP contribution in [0.25, 0.3) is 16.9 Å². The van der Waals surface area contributed by atoms with E-state index >= 15 is 0 Å². The first kappa shape index (κ1) is 35.2. The number of allylic oxidation sites excluding steroid dienone is 4. The molecule has 0 spiro atoms. The minimum Gasteiger partial charge on any atom is -0.456 e. The topological polar surface area (TPSA) is 9.23 Å². The van der Waals surface area contributed by atoms with Gasteiger partial charge in [-0.3, -0.25) is 0 Å². The molecule has 3 aromatic carbocycles. The lowest BCUT2D eigenvalue weighted by Crippen LogP contribution is -2.09. The van der Waals surface area contributed by atoms with Gasteiger partial charge in [-0.2, -0.15) is 0 Å². The third kappa shape index (κ3) is 9.34. The molecule has 44 heavy (non-hydrogen) atoms. The molecule has 1 heteroatoms. The molecule has 1 aliphatic rings. The Morgan fingerprint density at radius 3 is 2.20 bits per heavy atom. The maximum atomic E-state index is 6.71. The third-order valence-electron chi connectivity index (χ3n) is 8.74. The smallest absolute Gasteiger partial charge is 0.138 e. The minimum absolute atomic E-state index is 0.382. The highest BCUT2D eigenvalue weighted by atomic mass is 16.5. The van der Waals surface area contributed by atoms with Gasteiger partial charge in [0.1, 0.15) is 11.5 Å². The second-order valence-electron chi connectivity index (χ2n) is 13.8. The second kappa shape index (κ2) is 16.1. The van der Waals surface area contributed by atoms with Gasteiger partial charge >= 0.3 is 0 Å². The third-order valence-corrected chi connectivity index (χ3v) is 8.74. The molecule has 0 saturated heterocycles. The van der Waals surface area contributed by atoms with E-state index in [2.05, 4.69) is 143 Å². The van der Waals surface area contributed by atoms with Crippen LogP contribution in [0.1, 0.15) is 138 Å². The number of hydrogen-bond donors (Lipinski definition) is 0. The molecule has 1 aliphatic heterocycles. The van der Waals surface area contributed by atoms with Crippen LogP contribution in [0.2, 0.25) is 0 Å². The second-order valence-corrected chi connectivity index (χ2v) is 13.8. The minimum atomic E-state index is 0.382. The first-order chi connectivity index (χ1) is 20.9. The SMILES string of the molecule is C=C(C)c1ccccc1CC.CC/C=C1/C=C(c2ccc(CC)c(CCCC(C)(C)C)c2)Oc2c1cc(C)cc2C(C)CC. The lowest BCUT2D eigenvalue weighted by Gasteiger charge is -2.26. The number of benzene rings is 3. The van der Waals surface area contributed by atoms with E-state index in [1.54, 1.807) is 0 Å². The molecular weight excluding hydrogens is 532 g/mol. The summed E-state index contributed by atoms with van der Waals surface area (Å²) in [6.07, 6.45) is 12.5. The van der Waals surface area contributed by atoms with Crippen LogP contribution in [0.15, 0.2) is 73.3 Å². The molecule has 3 aromatic rings. The van der Waals surface area contributed by atoms with Gasteiger partial charge in [0.15, 0.2) is 0 Å². The van der Waals surface area contributed by atoms with E-state index in [0.29, 0.717) is 11.3 Å². The number of hydrogen-bond acceptors (Lipinski definition) is 1. The van der Waals surface area contributed by atoms with Crippen molar-refractivity contribution in [3.63, 3.8) is 0 Å². The molecule has 0 fully saturated rings. The van der Waals surface area contributed by atoms with E-state index in [1.165, 1.54) is 62.9 Å². The van der Waals surface area contributed by atoms with E-state index in [-0.39, 0.29) is 0 Å². The van der Waals surface area contributed by atoms with E-state index in [4.69, 9.17) is 4.74 Å². The average molecular weight is 591 g/mol. The van der Waals surface area contributed by atoms with Crippen LogP contribution >= 0.6 is 0 Å². The van der Waals surface area contributed by atoms with E-state index in [0.717, 1.165) is 49.2 Å². The Hall–Kier alpha value is -3.32. The molecule has 1 nitrogen and oxygen atoms in total. The monoisotopic (exact) mass is 590 g/mol. The number of aryl methyl sites for hydroxylation is 4. The predicted octanol–water partition coefficient (Wildman–Crippen LogP) is 12.9. The van der Waals surface area contributed by atoms with Crippen molar-refractivity contribution in [3.05, 3.63) is 118 Å². The van der Waals surface area contributed by atoms with Crippen molar-refractivity contribution < 1.29 is 4.74 Å². The van der Waals surface area contributed by atoms with Gasteiger partial charge in [-0.15, -0.1) is 0 Å². The molecule has 4 rings (SSSR count). The van der Waals surface area contributed by atoms with Crippen molar-refractivity contribution in [2.45, 2.75) is 120 Å². The Morgan fingerprint density at radius 1 is 0.909 bits per heavy atom. The normalized spacial score (nSPS) is 14.2. The summed E-state index contributed by atoms with van der Waals surface area (Å²) in [6, 6.07) is 20.0. The van der Waals surface area contributed by atoms with Crippen molar-refractivity contribution in [1.82, 2.24) is 0 Å². The Morgan fingerprint density at radius 2 is 1.61 bits per heavy atom. The summed E-state index contributed by atoms with van der Waals surface area (Å²) >= 11 is 0. The first-order valence-electron chi connectivity index (χ1n) is 17.0. The first-order valence-corrected chi connectivity index (χ1v) is 17.0. The van der Waals surface area contributed by atoms with E-state index in [9.17, 15) is 0 Å². The molecule has 0 saturated carbocycles. The summed E-state index contributed by atoms with van der Waals surface area (Å²) in [5.41, 5.74) is 13.5. The molecule has 1 unspecified atom stereocenters. The largest absolute Gasteiger partial charge is 0.456 e. The molecule has 1 atom stereocenters. The summed E-state index contributed by atoms with van der Waals surface area (Å²) in [4.78, 5) is 0. The highest BCUT2D eigenvalue weighted by Crippen LogP contribution is 2.43. The maximum Gasteiger partial charge on any atom is 0.138 e. The average Bonchev–Trinajstić information content (AvgIpc) is 3.00. The zero-order valence-electron chi connectivity index (χ0n) is 29.5. The Bertz CT molecular complexity index is 1470. The number of ether oxygens (including phenoxy) is 1. The van der Waals surface area contributed by atoms with Crippen molar-refractivity contribution >= 4 is 16.9 Å². The fourth-order valence-corrected chi connectivity index (χ4v) is 6.02.